The molecule has 2 fully saturated rings. The lowest BCUT2D eigenvalue weighted by atomic mass is 9.98. The van der Waals surface area contributed by atoms with Gasteiger partial charge in [-0.1, -0.05) is 0 Å². The third kappa shape index (κ3) is 1.94. The van der Waals surface area contributed by atoms with E-state index in [1.807, 2.05) is 6.07 Å². The first-order valence-corrected chi connectivity index (χ1v) is 6.77. The van der Waals surface area contributed by atoms with Gasteiger partial charge in [-0.2, -0.15) is 0 Å². The van der Waals surface area contributed by atoms with Crippen molar-refractivity contribution in [2.45, 2.75) is 50.4 Å². The minimum absolute atomic E-state index is 0.414. The summed E-state index contributed by atoms with van der Waals surface area (Å²) < 4.78 is 6.40. The number of hydrogen-bond donors (Lipinski definition) is 1. The van der Waals surface area contributed by atoms with Crippen molar-refractivity contribution in [1.29, 1.82) is 0 Å². The quantitative estimate of drug-likeness (QED) is 0.907. The standard InChI is InChI=1S/C12H17BrN2O/c13-12-4-3-11(16-12)7-15-9-1-2-10(15)6-8(14)5-9/h3-4,8-10H,1-2,5-7,14H2. The Hall–Kier alpha value is -0.320. The Morgan fingerprint density at radius 3 is 2.56 bits per heavy atom. The Kier molecular flexibility index (Phi) is 2.81. The maximum Gasteiger partial charge on any atom is 0.169 e. The summed E-state index contributed by atoms with van der Waals surface area (Å²) in [7, 11) is 0. The third-order valence-electron chi connectivity index (χ3n) is 3.89. The molecule has 2 bridgehead atoms. The number of halogens is 1. The van der Waals surface area contributed by atoms with Gasteiger partial charge in [0.1, 0.15) is 5.76 Å². The third-order valence-corrected chi connectivity index (χ3v) is 4.31. The Labute approximate surface area is 104 Å². The van der Waals surface area contributed by atoms with Gasteiger partial charge in [0.25, 0.3) is 0 Å². The second-order valence-corrected chi connectivity index (χ2v) is 5.78. The van der Waals surface area contributed by atoms with Crippen molar-refractivity contribution in [3.8, 4) is 0 Å². The van der Waals surface area contributed by atoms with E-state index in [4.69, 9.17) is 10.2 Å². The highest BCUT2D eigenvalue weighted by Crippen LogP contribution is 2.36. The highest BCUT2D eigenvalue weighted by atomic mass is 79.9. The molecule has 3 rings (SSSR count). The fraction of sp³-hybridized carbons (Fsp3) is 0.667. The van der Waals surface area contributed by atoms with Crippen LogP contribution in [0.3, 0.4) is 0 Å². The maximum atomic E-state index is 6.06. The van der Waals surface area contributed by atoms with E-state index in [9.17, 15) is 0 Å². The van der Waals surface area contributed by atoms with Gasteiger partial charge in [0.2, 0.25) is 0 Å². The van der Waals surface area contributed by atoms with E-state index in [2.05, 4.69) is 26.9 Å². The fourth-order valence-electron chi connectivity index (χ4n) is 3.19. The van der Waals surface area contributed by atoms with Gasteiger partial charge in [-0.25, -0.2) is 0 Å². The maximum absolute atomic E-state index is 6.06. The molecule has 3 heterocycles. The van der Waals surface area contributed by atoms with Crippen molar-refractivity contribution in [2.24, 2.45) is 5.73 Å². The highest BCUT2D eigenvalue weighted by Gasteiger charge is 2.39. The fourth-order valence-corrected chi connectivity index (χ4v) is 3.53. The first-order valence-electron chi connectivity index (χ1n) is 5.98. The van der Waals surface area contributed by atoms with Crippen molar-refractivity contribution >= 4 is 15.9 Å². The van der Waals surface area contributed by atoms with Crippen LogP contribution in [0.2, 0.25) is 0 Å². The molecule has 0 radical (unpaired) electrons. The molecule has 4 heteroatoms. The topological polar surface area (TPSA) is 42.4 Å². The lowest BCUT2D eigenvalue weighted by Crippen LogP contribution is -2.46. The predicted molar refractivity (Wildman–Crippen MR) is 66.0 cm³/mol. The molecule has 0 spiro atoms. The molecule has 1 aromatic heterocycles. The van der Waals surface area contributed by atoms with Gasteiger partial charge in [0, 0.05) is 18.1 Å². The zero-order valence-electron chi connectivity index (χ0n) is 9.23. The largest absolute Gasteiger partial charge is 0.453 e. The van der Waals surface area contributed by atoms with Crippen LogP contribution in [0.1, 0.15) is 31.4 Å². The minimum atomic E-state index is 0.414. The molecule has 2 saturated heterocycles. The number of nitrogens with zero attached hydrogens (tertiary/aromatic N) is 1. The van der Waals surface area contributed by atoms with Crippen LogP contribution in [0.25, 0.3) is 0 Å². The van der Waals surface area contributed by atoms with Crippen LogP contribution < -0.4 is 5.73 Å². The van der Waals surface area contributed by atoms with Crippen LogP contribution in [-0.2, 0) is 6.54 Å². The van der Waals surface area contributed by atoms with Gasteiger partial charge in [-0.3, -0.25) is 4.90 Å². The molecule has 1 aromatic rings. The molecule has 2 aliphatic rings. The van der Waals surface area contributed by atoms with Gasteiger partial charge in [-0.05, 0) is 53.7 Å². The van der Waals surface area contributed by atoms with E-state index in [0.717, 1.165) is 29.8 Å². The molecule has 88 valence electrons. The molecule has 2 aliphatic heterocycles. The molecule has 16 heavy (non-hydrogen) atoms. The molecule has 2 unspecified atom stereocenters. The summed E-state index contributed by atoms with van der Waals surface area (Å²) in [5, 5.41) is 0. The van der Waals surface area contributed by atoms with E-state index >= 15 is 0 Å². The highest BCUT2D eigenvalue weighted by molar-refractivity contribution is 9.10. The number of hydrogen-bond acceptors (Lipinski definition) is 3. The van der Waals surface area contributed by atoms with Gasteiger partial charge in [0.15, 0.2) is 4.67 Å². The average Bonchev–Trinajstić information content (AvgIpc) is 2.72. The Balaban J connectivity index is 1.72. The predicted octanol–water partition coefficient (Wildman–Crippen LogP) is 2.50. The normalized spacial score (nSPS) is 34.5. The summed E-state index contributed by atoms with van der Waals surface area (Å²) >= 11 is 3.35. The van der Waals surface area contributed by atoms with E-state index < -0.39 is 0 Å². The lowest BCUT2D eigenvalue weighted by molar-refractivity contribution is 0.110. The first-order chi connectivity index (χ1) is 7.72. The molecular formula is C12H17BrN2O. The van der Waals surface area contributed by atoms with E-state index in [1.165, 1.54) is 12.8 Å². The zero-order valence-corrected chi connectivity index (χ0v) is 10.8. The second kappa shape index (κ2) is 4.17. The van der Waals surface area contributed by atoms with Gasteiger partial charge >= 0.3 is 0 Å². The summed E-state index contributed by atoms with van der Waals surface area (Å²) in [5.74, 6) is 1.05. The van der Waals surface area contributed by atoms with E-state index in [0.29, 0.717) is 18.1 Å². The van der Waals surface area contributed by atoms with Gasteiger partial charge in [-0.15, -0.1) is 0 Å². The summed E-state index contributed by atoms with van der Waals surface area (Å²) in [5.41, 5.74) is 6.06. The summed E-state index contributed by atoms with van der Waals surface area (Å²) in [6.45, 7) is 0.938. The van der Waals surface area contributed by atoms with Crippen molar-refractivity contribution < 1.29 is 4.42 Å². The van der Waals surface area contributed by atoms with Crippen LogP contribution in [0.15, 0.2) is 21.2 Å². The summed E-state index contributed by atoms with van der Waals surface area (Å²) in [6.07, 6.45) is 4.91. The van der Waals surface area contributed by atoms with Crippen molar-refractivity contribution in [1.82, 2.24) is 4.90 Å². The molecule has 0 aliphatic carbocycles. The molecule has 2 atom stereocenters. The van der Waals surface area contributed by atoms with Crippen LogP contribution in [0.5, 0.6) is 0 Å². The van der Waals surface area contributed by atoms with Crippen LogP contribution in [-0.4, -0.2) is 23.0 Å². The Morgan fingerprint density at radius 1 is 1.31 bits per heavy atom. The van der Waals surface area contributed by atoms with Gasteiger partial charge in [0.05, 0.1) is 6.54 Å². The molecule has 0 aromatic carbocycles. The first kappa shape index (κ1) is 10.8. The Bertz CT molecular complexity index is 365. The molecule has 2 N–H and O–H groups in total. The molecule has 3 nitrogen and oxygen atoms in total. The van der Waals surface area contributed by atoms with E-state index in [1.54, 1.807) is 0 Å². The van der Waals surface area contributed by atoms with Crippen molar-refractivity contribution in [2.75, 3.05) is 0 Å². The molecule has 0 amide bonds. The Morgan fingerprint density at radius 2 is 2.00 bits per heavy atom. The average molecular weight is 285 g/mol. The summed E-state index contributed by atoms with van der Waals surface area (Å²) in [6, 6.07) is 5.79. The van der Waals surface area contributed by atoms with Crippen molar-refractivity contribution in [3.63, 3.8) is 0 Å². The smallest absolute Gasteiger partial charge is 0.169 e. The molecular weight excluding hydrogens is 268 g/mol. The minimum Gasteiger partial charge on any atom is -0.453 e. The number of rotatable bonds is 2. The SMILES string of the molecule is NC1CC2CCC(C1)N2Cc1ccc(Br)o1. The zero-order chi connectivity index (χ0) is 11.1. The van der Waals surface area contributed by atoms with E-state index in [-0.39, 0.29) is 0 Å². The van der Waals surface area contributed by atoms with Crippen LogP contribution in [0.4, 0.5) is 0 Å². The van der Waals surface area contributed by atoms with Gasteiger partial charge < -0.3 is 10.2 Å². The lowest BCUT2D eigenvalue weighted by Gasteiger charge is -2.37. The number of furan rings is 1. The number of nitrogens with two attached hydrogens (primary N) is 1. The van der Waals surface area contributed by atoms with Crippen molar-refractivity contribution in [3.05, 3.63) is 22.6 Å². The monoisotopic (exact) mass is 284 g/mol. The second-order valence-electron chi connectivity index (χ2n) is 4.99. The number of piperidine rings is 1. The molecule has 0 saturated carbocycles. The van der Waals surface area contributed by atoms with Crippen LogP contribution >= 0.6 is 15.9 Å². The summed E-state index contributed by atoms with van der Waals surface area (Å²) in [4.78, 5) is 2.58. The van der Waals surface area contributed by atoms with Crippen LogP contribution in [0, 0.1) is 0 Å². The number of fused-ring (bicyclic) bond motifs is 2.